The van der Waals surface area contributed by atoms with E-state index in [1.54, 1.807) is 12.1 Å². The van der Waals surface area contributed by atoms with E-state index in [1.165, 1.54) is 6.07 Å². The summed E-state index contributed by atoms with van der Waals surface area (Å²) in [4.78, 5) is 0. The average molecular weight is 276 g/mol. The third-order valence-electron chi connectivity index (χ3n) is 2.26. The predicted octanol–water partition coefficient (Wildman–Crippen LogP) is 4.13. The van der Waals surface area contributed by atoms with E-state index in [-0.39, 0.29) is 5.56 Å². The summed E-state index contributed by atoms with van der Waals surface area (Å²) in [5.41, 5.74) is 1.52. The summed E-state index contributed by atoms with van der Waals surface area (Å²) in [5.74, 6) is -0.486. The second-order valence-electron chi connectivity index (χ2n) is 3.28. The van der Waals surface area contributed by atoms with Crippen molar-refractivity contribution in [3.63, 3.8) is 0 Å². The molecule has 0 amide bonds. The highest BCUT2D eigenvalue weighted by Crippen LogP contribution is 2.27. The second-order valence-corrected chi connectivity index (χ2v) is 4.20. The highest BCUT2D eigenvalue weighted by Gasteiger charge is 2.09. The smallest absolute Gasteiger partial charge is 0.141 e. The molecule has 2 rings (SSSR count). The summed E-state index contributed by atoms with van der Waals surface area (Å²) < 4.78 is 14.3. The molecule has 78 valence electrons. The first kappa shape index (κ1) is 10.8. The maximum atomic E-state index is 13.4. The van der Waals surface area contributed by atoms with E-state index < -0.39 is 5.82 Å². The third-order valence-corrected chi connectivity index (χ3v) is 2.75. The van der Waals surface area contributed by atoms with Crippen molar-refractivity contribution in [3.05, 3.63) is 58.3 Å². The summed E-state index contributed by atoms with van der Waals surface area (Å²) >= 11 is 3.35. The van der Waals surface area contributed by atoms with Gasteiger partial charge in [-0.1, -0.05) is 40.2 Å². The van der Waals surface area contributed by atoms with Gasteiger partial charge in [-0.15, -0.1) is 0 Å². The van der Waals surface area contributed by atoms with Crippen LogP contribution in [0.1, 0.15) is 5.56 Å². The summed E-state index contributed by atoms with van der Waals surface area (Å²) in [5, 5.41) is 8.93. The summed E-state index contributed by atoms with van der Waals surface area (Å²) in [6.45, 7) is 0. The van der Waals surface area contributed by atoms with Crippen LogP contribution in [0.15, 0.2) is 46.9 Å². The Labute approximate surface area is 101 Å². The van der Waals surface area contributed by atoms with Gasteiger partial charge in [0.05, 0.1) is 5.56 Å². The molecule has 0 aliphatic rings. The van der Waals surface area contributed by atoms with E-state index in [1.807, 2.05) is 30.3 Å². The molecular weight excluding hydrogens is 269 g/mol. The van der Waals surface area contributed by atoms with Gasteiger partial charge in [0.1, 0.15) is 11.9 Å². The molecule has 3 heteroatoms. The SMILES string of the molecule is N#Cc1c(F)cccc1-c1cccc(Br)c1. The van der Waals surface area contributed by atoms with Crippen LogP contribution in [0, 0.1) is 17.1 Å². The monoisotopic (exact) mass is 275 g/mol. The highest BCUT2D eigenvalue weighted by molar-refractivity contribution is 9.10. The van der Waals surface area contributed by atoms with Crippen molar-refractivity contribution in [1.82, 2.24) is 0 Å². The lowest BCUT2D eigenvalue weighted by Crippen LogP contribution is -1.88. The lowest BCUT2D eigenvalue weighted by atomic mass is 10.0. The number of hydrogen-bond acceptors (Lipinski definition) is 1. The van der Waals surface area contributed by atoms with Gasteiger partial charge in [-0.2, -0.15) is 5.26 Å². The van der Waals surface area contributed by atoms with Crippen LogP contribution in [0.5, 0.6) is 0 Å². The van der Waals surface area contributed by atoms with Gasteiger partial charge in [0.2, 0.25) is 0 Å². The van der Waals surface area contributed by atoms with E-state index in [4.69, 9.17) is 5.26 Å². The van der Waals surface area contributed by atoms with Crippen LogP contribution in [0.25, 0.3) is 11.1 Å². The van der Waals surface area contributed by atoms with Crippen LogP contribution >= 0.6 is 15.9 Å². The Kier molecular flexibility index (Phi) is 3.02. The van der Waals surface area contributed by atoms with E-state index in [0.717, 1.165) is 10.0 Å². The fourth-order valence-electron chi connectivity index (χ4n) is 1.53. The predicted molar refractivity (Wildman–Crippen MR) is 64.3 cm³/mol. The lowest BCUT2D eigenvalue weighted by Gasteiger charge is -2.05. The van der Waals surface area contributed by atoms with Gasteiger partial charge in [-0.05, 0) is 23.8 Å². The van der Waals surface area contributed by atoms with Gasteiger partial charge in [0, 0.05) is 10.0 Å². The minimum Gasteiger partial charge on any atom is -0.206 e. The zero-order valence-electron chi connectivity index (χ0n) is 8.24. The molecule has 0 bridgehead atoms. The molecule has 0 N–H and O–H groups in total. The summed E-state index contributed by atoms with van der Waals surface area (Å²) in [6.07, 6.45) is 0. The molecule has 0 spiro atoms. The summed E-state index contributed by atoms with van der Waals surface area (Å²) in [6, 6.07) is 14.0. The number of halogens is 2. The van der Waals surface area contributed by atoms with E-state index in [9.17, 15) is 4.39 Å². The van der Waals surface area contributed by atoms with Crippen LogP contribution in [0.3, 0.4) is 0 Å². The maximum Gasteiger partial charge on any atom is 0.141 e. The molecule has 0 saturated heterocycles. The first-order valence-corrected chi connectivity index (χ1v) is 5.46. The molecule has 0 fully saturated rings. The normalized spacial score (nSPS) is 9.81. The Bertz CT molecular complexity index is 572. The maximum absolute atomic E-state index is 13.4. The highest BCUT2D eigenvalue weighted by atomic mass is 79.9. The first-order valence-electron chi connectivity index (χ1n) is 4.67. The van der Waals surface area contributed by atoms with Crippen LogP contribution in [0.4, 0.5) is 4.39 Å². The molecule has 1 nitrogen and oxygen atoms in total. The number of nitriles is 1. The fraction of sp³-hybridized carbons (Fsp3) is 0. The first-order chi connectivity index (χ1) is 7.72. The molecule has 0 heterocycles. The van der Waals surface area contributed by atoms with Gasteiger partial charge in [0.15, 0.2) is 0 Å². The minimum atomic E-state index is -0.486. The topological polar surface area (TPSA) is 23.8 Å². The van der Waals surface area contributed by atoms with E-state index >= 15 is 0 Å². The second kappa shape index (κ2) is 4.46. The van der Waals surface area contributed by atoms with Crippen LogP contribution in [-0.4, -0.2) is 0 Å². The van der Waals surface area contributed by atoms with Gasteiger partial charge >= 0.3 is 0 Å². The van der Waals surface area contributed by atoms with E-state index in [0.29, 0.717) is 5.56 Å². The molecule has 0 aliphatic heterocycles. The molecule has 0 radical (unpaired) electrons. The van der Waals surface area contributed by atoms with Gasteiger partial charge in [-0.3, -0.25) is 0 Å². The molecule has 0 atom stereocenters. The minimum absolute atomic E-state index is 0.0839. The Hall–Kier alpha value is -1.66. The van der Waals surface area contributed by atoms with Crippen molar-refractivity contribution in [2.24, 2.45) is 0 Å². The number of benzene rings is 2. The van der Waals surface area contributed by atoms with Crippen molar-refractivity contribution in [1.29, 1.82) is 5.26 Å². The zero-order chi connectivity index (χ0) is 11.5. The van der Waals surface area contributed by atoms with Crippen molar-refractivity contribution in [2.75, 3.05) is 0 Å². The number of nitrogens with zero attached hydrogens (tertiary/aromatic N) is 1. The van der Waals surface area contributed by atoms with Crippen LogP contribution in [0.2, 0.25) is 0 Å². The molecule has 2 aromatic carbocycles. The number of rotatable bonds is 1. The van der Waals surface area contributed by atoms with Crippen molar-refractivity contribution in [3.8, 4) is 17.2 Å². The molecule has 2 aromatic rings. The van der Waals surface area contributed by atoms with E-state index in [2.05, 4.69) is 15.9 Å². The molecular formula is C13H7BrFN. The van der Waals surface area contributed by atoms with Crippen LogP contribution < -0.4 is 0 Å². The Morgan fingerprint density at radius 3 is 2.56 bits per heavy atom. The van der Waals surface area contributed by atoms with Crippen molar-refractivity contribution >= 4 is 15.9 Å². The standard InChI is InChI=1S/C13H7BrFN/c14-10-4-1-3-9(7-10)11-5-2-6-13(15)12(11)8-16/h1-7H. The Balaban J connectivity index is 2.66. The third kappa shape index (κ3) is 1.98. The summed E-state index contributed by atoms with van der Waals surface area (Å²) in [7, 11) is 0. The molecule has 0 aromatic heterocycles. The Morgan fingerprint density at radius 2 is 1.88 bits per heavy atom. The lowest BCUT2D eigenvalue weighted by molar-refractivity contribution is 0.624. The van der Waals surface area contributed by atoms with Gasteiger partial charge in [0.25, 0.3) is 0 Å². The molecule has 0 unspecified atom stereocenters. The van der Waals surface area contributed by atoms with Gasteiger partial charge in [-0.25, -0.2) is 4.39 Å². The number of hydrogen-bond donors (Lipinski definition) is 0. The largest absolute Gasteiger partial charge is 0.206 e. The average Bonchev–Trinajstić information content (AvgIpc) is 2.28. The fourth-order valence-corrected chi connectivity index (χ4v) is 1.93. The van der Waals surface area contributed by atoms with Crippen molar-refractivity contribution < 1.29 is 4.39 Å². The molecule has 0 aliphatic carbocycles. The molecule has 16 heavy (non-hydrogen) atoms. The van der Waals surface area contributed by atoms with Crippen molar-refractivity contribution in [2.45, 2.75) is 0 Å². The Morgan fingerprint density at radius 1 is 1.12 bits per heavy atom. The van der Waals surface area contributed by atoms with Gasteiger partial charge < -0.3 is 0 Å². The molecule has 0 saturated carbocycles. The van der Waals surface area contributed by atoms with Crippen LogP contribution in [-0.2, 0) is 0 Å². The quantitative estimate of drug-likeness (QED) is 0.768. The zero-order valence-corrected chi connectivity index (χ0v) is 9.83.